The van der Waals surface area contributed by atoms with Gasteiger partial charge in [-0.2, -0.15) is 14.9 Å². The lowest BCUT2D eigenvalue weighted by molar-refractivity contribution is -0.212. The quantitative estimate of drug-likeness (QED) is 0.242. The van der Waals surface area contributed by atoms with Crippen molar-refractivity contribution in [1.82, 2.24) is 35.1 Å². The van der Waals surface area contributed by atoms with E-state index in [1.165, 1.54) is 4.90 Å². The maximum absolute atomic E-state index is 13.0. The monoisotopic (exact) mass is 692 g/mol. The number of nitrogens with zero attached hydrogens (tertiary/aromatic N) is 6. The minimum Gasteiger partial charge on any atom is -0.378 e. The fraction of sp³-hybridized carbons (Fsp3) is 0.343. The fourth-order valence-electron chi connectivity index (χ4n) is 5.50. The van der Waals surface area contributed by atoms with E-state index in [1.807, 2.05) is 74.6 Å². The molecule has 0 aliphatic carbocycles. The van der Waals surface area contributed by atoms with E-state index in [9.17, 15) is 27.6 Å². The zero-order chi connectivity index (χ0) is 36.0. The van der Waals surface area contributed by atoms with Crippen molar-refractivity contribution in [2.24, 2.45) is 0 Å². The van der Waals surface area contributed by atoms with E-state index in [0.717, 1.165) is 36.1 Å². The SMILES string of the molecule is C=C(C(=O)NCc1ccccc1)C(C)N(C)C1COC1.CCN1C(=O)C(NC(=O)c2ccn(C(F)(F)F)n2)Cc2cnn(-c3ccccc3)c21. The van der Waals surface area contributed by atoms with Crippen molar-refractivity contribution in [1.29, 1.82) is 0 Å². The number of likely N-dealkylation sites (N-methyl/N-ethyl adjacent to an activating group) is 2. The molecule has 4 heterocycles. The van der Waals surface area contributed by atoms with Gasteiger partial charge in [-0.25, -0.2) is 4.68 Å². The van der Waals surface area contributed by atoms with Crippen molar-refractivity contribution < 1.29 is 32.3 Å². The summed E-state index contributed by atoms with van der Waals surface area (Å²) in [4.78, 5) is 41.2. The van der Waals surface area contributed by atoms with E-state index >= 15 is 0 Å². The van der Waals surface area contributed by atoms with Gasteiger partial charge in [-0.05, 0) is 44.7 Å². The van der Waals surface area contributed by atoms with Gasteiger partial charge in [0.1, 0.15) is 17.6 Å². The molecule has 3 amide bonds. The molecule has 2 unspecified atom stereocenters. The lowest BCUT2D eigenvalue weighted by Gasteiger charge is -2.38. The zero-order valence-corrected chi connectivity index (χ0v) is 27.9. The molecular weight excluding hydrogens is 653 g/mol. The largest absolute Gasteiger partial charge is 0.504 e. The topological polar surface area (TPSA) is 127 Å². The van der Waals surface area contributed by atoms with Gasteiger partial charge >= 0.3 is 6.30 Å². The van der Waals surface area contributed by atoms with Crippen LogP contribution >= 0.6 is 0 Å². The second-order valence-electron chi connectivity index (χ2n) is 11.9. The molecule has 0 bridgehead atoms. The van der Waals surface area contributed by atoms with Crippen molar-refractivity contribution in [3.8, 4) is 5.69 Å². The molecule has 2 aromatic carbocycles. The van der Waals surface area contributed by atoms with Gasteiger partial charge in [-0.3, -0.25) is 24.2 Å². The first kappa shape index (κ1) is 36.0. The number of para-hydroxylation sites is 1. The molecule has 0 saturated carbocycles. The number of alkyl halides is 3. The third-order valence-electron chi connectivity index (χ3n) is 8.66. The first-order chi connectivity index (χ1) is 23.9. The number of rotatable bonds is 10. The summed E-state index contributed by atoms with van der Waals surface area (Å²) in [5, 5.41) is 13.0. The highest BCUT2D eigenvalue weighted by Gasteiger charge is 2.37. The Morgan fingerprint density at radius 2 is 1.74 bits per heavy atom. The summed E-state index contributed by atoms with van der Waals surface area (Å²) in [6.45, 7) is 10.1. The number of carbonyl (C=O) groups is 3. The fourth-order valence-corrected chi connectivity index (χ4v) is 5.50. The van der Waals surface area contributed by atoms with Crippen LogP contribution in [-0.4, -0.2) is 87.1 Å². The van der Waals surface area contributed by atoms with E-state index in [2.05, 4.69) is 32.3 Å². The molecular formula is C35H39F3N8O4. The van der Waals surface area contributed by atoms with Crippen LogP contribution in [0.4, 0.5) is 19.0 Å². The number of ether oxygens (including phenoxy) is 1. The summed E-state index contributed by atoms with van der Waals surface area (Å²) < 4.78 is 44.6. The maximum atomic E-state index is 13.0. The van der Waals surface area contributed by atoms with Gasteiger partial charge in [0.05, 0.1) is 31.1 Å². The van der Waals surface area contributed by atoms with Gasteiger partial charge in [0.15, 0.2) is 0 Å². The molecule has 12 nitrogen and oxygen atoms in total. The Kier molecular flexibility index (Phi) is 11.2. The number of hydrogen-bond donors (Lipinski definition) is 2. The lowest BCUT2D eigenvalue weighted by Crippen LogP contribution is -2.53. The van der Waals surface area contributed by atoms with Crippen LogP contribution in [0.2, 0.25) is 0 Å². The van der Waals surface area contributed by atoms with Crippen LogP contribution in [0.1, 0.15) is 35.5 Å². The number of anilines is 1. The number of carbonyl (C=O) groups excluding carboxylic acids is 3. The molecule has 1 fully saturated rings. The standard InChI is InChI=1S/C19H17F3N6O2.C16H22N2O2/c1-2-26-17-12(11-23-28(17)13-6-4-3-5-7-13)10-15(18(26)30)24-16(29)14-8-9-27(25-14)19(20,21)22;1-12(13(2)18(3)15-10-20-11-15)16(19)17-9-14-7-5-4-6-8-14/h3-9,11,15H,2,10H2,1H3,(H,24,29);4-8,13,15H,1,9-11H2,2-3H3,(H,17,19). The van der Waals surface area contributed by atoms with Crippen LogP contribution in [-0.2, 0) is 33.6 Å². The molecule has 6 rings (SSSR count). The minimum absolute atomic E-state index is 0.0136. The third-order valence-corrected chi connectivity index (χ3v) is 8.66. The van der Waals surface area contributed by atoms with Crippen LogP contribution in [0.3, 0.4) is 0 Å². The summed E-state index contributed by atoms with van der Waals surface area (Å²) in [6, 6.07) is 19.6. The van der Waals surface area contributed by atoms with E-state index in [4.69, 9.17) is 4.74 Å². The highest BCUT2D eigenvalue weighted by molar-refractivity contribution is 6.03. The zero-order valence-electron chi connectivity index (χ0n) is 27.9. The van der Waals surface area contributed by atoms with Crippen LogP contribution in [0.5, 0.6) is 0 Å². The van der Waals surface area contributed by atoms with Gasteiger partial charge in [-0.1, -0.05) is 55.1 Å². The Morgan fingerprint density at radius 3 is 2.32 bits per heavy atom. The summed E-state index contributed by atoms with van der Waals surface area (Å²) in [5.41, 5.74) is 2.78. The summed E-state index contributed by atoms with van der Waals surface area (Å²) in [6.07, 6.45) is -2.28. The van der Waals surface area contributed by atoms with Crippen molar-refractivity contribution in [2.75, 3.05) is 31.7 Å². The molecule has 50 heavy (non-hydrogen) atoms. The molecule has 2 aliphatic rings. The number of nitrogens with one attached hydrogen (secondary N) is 2. The van der Waals surface area contributed by atoms with Gasteiger partial charge in [-0.15, -0.1) is 13.2 Å². The van der Waals surface area contributed by atoms with Gasteiger partial charge < -0.3 is 15.4 Å². The second-order valence-corrected chi connectivity index (χ2v) is 11.9. The first-order valence-electron chi connectivity index (χ1n) is 16.1. The van der Waals surface area contributed by atoms with Crippen molar-refractivity contribution >= 4 is 23.5 Å². The normalized spacial score (nSPS) is 16.5. The number of hydrogen-bond acceptors (Lipinski definition) is 7. The minimum atomic E-state index is -4.72. The highest BCUT2D eigenvalue weighted by atomic mass is 19.4. The van der Waals surface area contributed by atoms with Crippen LogP contribution in [0.15, 0.2) is 91.3 Å². The Labute approximate surface area is 287 Å². The number of aromatic nitrogens is 4. The van der Waals surface area contributed by atoms with Crippen molar-refractivity contribution in [3.05, 3.63) is 108 Å². The first-order valence-corrected chi connectivity index (χ1v) is 16.1. The van der Waals surface area contributed by atoms with Gasteiger partial charge in [0.25, 0.3) is 11.8 Å². The van der Waals surface area contributed by atoms with Crippen LogP contribution in [0.25, 0.3) is 5.69 Å². The van der Waals surface area contributed by atoms with Crippen molar-refractivity contribution in [3.63, 3.8) is 0 Å². The smallest absolute Gasteiger partial charge is 0.378 e. The average Bonchev–Trinajstić information content (AvgIpc) is 3.76. The Morgan fingerprint density at radius 1 is 1.08 bits per heavy atom. The van der Waals surface area contributed by atoms with Crippen LogP contribution < -0.4 is 15.5 Å². The summed E-state index contributed by atoms with van der Waals surface area (Å²) in [7, 11) is 2.01. The molecule has 2 aliphatic heterocycles. The molecule has 4 aromatic rings. The molecule has 0 spiro atoms. The lowest BCUT2D eigenvalue weighted by atomic mass is 10.0. The van der Waals surface area contributed by atoms with Crippen LogP contribution in [0, 0.1) is 0 Å². The summed E-state index contributed by atoms with van der Waals surface area (Å²) in [5.74, 6) is -0.702. The predicted octanol–water partition coefficient (Wildman–Crippen LogP) is 3.83. The van der Waals surface area contributed by atoms with Gasteiger partial charge in [0.2, 0.25) is 5.91 Å². The number of amides is 3. The van der Waals surface area contributed by atoms with E-state index in [1.54, 1.807) is 17.8 Å². The van der Waals surface area contributed by atoms with E-state index in [-0.39, 0.29) is 29.0 Å². The Balaban J connectivity index is 0.000000211. The number of benzene rings is 2. The predicted molar refractivity (Wildman–Crippen MR) is 179 cm³/mol. The molecule has 15 heteroatoms. The van der Waals surface area contributed by atoms with Crippen molar-refractivity contribution in [2.45, 2.75) is 51.2 Å². The summed E-state index contributed by atoms with van der Waals surface area (Å²) >= 11 is 0. The number of fused-ring (bicyclic) bond motifs is 1. The third kappa shape index (κ3) is 8.12. The molecule has 0 radical (unpaired) electrons. The molecule has 1 saturated heterocycles. The number of halogens is 3. The highest BCUT2D eigenvalue weighted by Crippen LogP contribution is 2.30. The maximum Gasteiger partial charge on any atom is 0.504 e. The molecule has 264 valence electrons. The van der Waals surface area contributed by atoms with E-state index < -0.39 is 23.9 Å². The molecule has 2 aromatic heterocycles. The second kappa shape index (κ2) is 15.5. The Hall–Kier alpha value is -5.28. The molecule has 2 atom stereocenters. The molecule has 2 N–H and O–H groups in total. The van der Waals surface area contributed by atoms with Gasteiger partial charge in [0, 0.05) is 42.9 Å². The average molecular weight is 693 g/mol. The Bertz CT molecular complexity index is 1800. The van der Waals surface area contributed by atoms with E-state index in [0.29, 0.717) is 36.7 Å².